The molecule has 0 amide bonds. The van der Waals surface area contributed by atoms with Gasteiger partial charge in [-0.25, -0.2) is 8.42 Å². The molecular formula is C11H16N2O3S2. The zero-order valence-electron chi connectivity index (χ0n) is 10.6. The molecule has 0 bridgehead atoms. The Morgan fingerprint density at radius 1 is 1.50 bits per heavy atom. The second-order valence-corrected chi connectivity index (χ2v) is 8.01. The summed E-state index contributed by atoms with van der Waals surface area (Å²) >= 11 is 1.21. The molecule has 0 aromatic carbocycles. The Labute approximate surface area is 111 Å². The molecular weight excluding hydrogens is 272 g/mol. The van der Waals surface area contributed by atoms with Gasteiger partial charge in [0.05, 0.1) is 28.3 Å². The monoisotopic (exact) mass is 288 g/mol. The molecule has 1 aliphatic rings. The lowest BCUT2D eigenvalue weighted by Crippen LogP contribution is -2.36. The van der Waals surface area contributed by atoms with Crippen LogP contribution in [-0.4, -0.2) is 35.6 Å². The first kappa shape index (κ1) is 13.5. The van der Waals surface area contributed by atoms with E-state index >= 15 is 0 Å². The van der Waals surface area contributed by atoms with Crippen LogP contribution >= 0.6 is 11.5 Å². The third-order valence-corrected chi connectivity index (χ3v) is 5.89. The molecule has 1 atom stereocenters. The van der Waals surface area contributed by atoms with Gasteiger partial charge in [0.25, 0.3) is 0 Å². The van der Waals surface area contributed by atoms with Crippen LogP contribution in [0, 0.1) is 6.92 Å². The summed E-state index contributed by atoms with van der Waals surface area (Å²) in [5.74, 6) is 0.256. The third kappa shape index (κ3) is 2.56. The van der Waals surface area contributed by atoms with Crippen molar-refractivity contribution in [1.82, 2.24) is 4.37 Å². The van der Waals surface area contributed by atoms with Crippen LogP contribution in [0.5, 0.6) is 0 Å². The first-order valence-electron chi connectivity index (χ1n) is 5.68. The Hall–Kier alpha value is -0.950. The van der Waals surface area contributed by atoms with Crippen molar-refractivity contribution in [2.45, 2.75) is 32.7 Å². The molecule has 0 radical (unpaired) electrons. The number of rotatable bonds is 3. The Morgan fingerprint density at radius 2 is 2.17 bits per heavy atom. The molecule has 1 aromatic rings. The maximum Gasteiger partial charge on any atom is 0.164 e. The van der Waals surface area contributed by atoms with Gasteiger partial charge in [0.15, 0.2) is 15.6 Å². The number of hydrogen-bond donors (Lipinski definition) is 1. The van der Waals surface area contributed by atoms with Crippen molar-refractivity contribution in [3.63, 3.8) is 0 Å². The quantitative estimate of drug-likeness (QED) is 0.856. The molecule has 1 unspecified atom stereocenters. The Balaban J connectivity index is 2.28. The van der Waals surface area contributed by atoms with Crippen molar-refractivity contribution in [3.8, 4) is 0 Å². The standard InChI is InChI=1S/C11H16N2O3S2/c1-7-9(8(2)14)10(17-13-7)12-11(3)4-5-18(15,16)6-11/h12H,4-6H2,1-3H3. The largest absolute Gasteiger partial charge is 0.369 e. The number of anilines is 1. The summed E-state index contributed by atoms with van der Waals surface area (Å²) in [4.78, 5) is 11.6. The van der Waals surface area contributed by atoms with Crippen molar-refractivity contribution in [1.29, 1.82) is 0 Å². The second kappa shape index (κ2) is 4.31. The van der Waals surface area contributed by atoms with Gasteiger partial charge in [0, 0.05) is 0 Å². The van der Waals surface area contributed by atoms with Crippen LogP contribution in [0.4, 0.5) is 5.00 Å². The highest BCUT2D eigenvalue weighted by Crippen LogP contribution is 2.32. The molecule has 1 saturated heterocycles. The number of carbonyl (C=O) groups excluding carboxylic acids is 1. The smallest absolute Gasteiger partial charge is 0.164 e. The molecule has 1 aliphatic heterocycles. The molecule has 0 aliphatic carbocycles. The fourth-order valence-corrected chi connectivity index (χ4v) is 5.34. The van der Waals surface area contributed by atoms with E-state index in [1.807, 2.05) is 6.92 Å². The van der Waals surface area contributed by atoms with E-state index in [1.54, 1.807) is 6.92 Å². The van der Waals surface area contributed by atoms with Crippen LogP contribution in [0.2, 0.25) is 0 Å². The molecule has 5 nitrogen and oxygen atoms in total. The number of nitrogens with one attached hydrogen (secondary N) is 1. The zero-order chi connectivity index (χ0) is 13.6. The van der Waals surface area contributed by atoms with Gasteiger partial charge >= 0.3 is 0 Å². The minimum Gasteiger partial charge on any atom is -0.369 e. The topological polar surface area (TPSA) is 76.1 Å². The minimum atomic E-state index is -2.96. The normalized spacial score (nSPS) is 26.2. The molecule has 2 heterocycles. The summed E-state index contributed by atoms with van der Waals surface area (Å²) in [5, 5.41) is 3.88. The van der Waals surface area contributed by atoms with Gasteiger partial charge < -0.3 is 5.32 Å². The molecule has 1 fully saturated rings. The van der Waals surface area contributed by atoms with Gasteiger partial charge in [0.2, 0.25) is 0 Å². The molecule has 100 valence electrons. The SMILES string of the molecule is CC(=O)c1c(C)nsc1NC1(C)CCS(=O)(=O)C1. The van der Waals surface area contributed by atoms with Crippen LogP contribution < -0.4 is 5.32 Å². The highest BCUT2D eigenvalue weighted by atomic mass is 32.2. The Morgan fingerprint density at radius 3 is 2.67 bits per heavy atom. The fourth-order valence-electron chi connectivity index (χ4n) is 2.25. The van der Waals surface area contributed by atoms with Gasteiger partial charge in [-0.1, -0.05) is 0 Å². The van der Waals surface area contributed by atoms with Gasteiger partial charge in [-0.3, -0.25) is 4.79 Å². The van der Waals surface area contributed by atoms with Crippen molar-refractivity contribution in [3.05, 3.63) is 11.3 Å². The lowest BCUT2D eigenvalue weighted by Gasteiger charge is -2.24. The minimum absolute atomic E-state index is 0.0480. The van der Waals surface area contributed by atoms with Crippen molar-refractivity contribution in [2.24, 2.45) is 0 Å². The maximum atomic E-state index is 11.6. The van der Waals surface area contributed by atoms with Crippen molar-refractivity contribution in [2.75, 3.05) is 16.8 Å². The lowest BCUT2D eigenvalue weighted by molar-refractivity contribution is 0.101. The van der Waals surface area contributed by atoms with E-state index in [-0.39, 0.29) is 17.3 Å². The summed E-state index contributed by atoms with van der Waals surface area (Å²) in [7, 11) is -2.96. The van der Waals surface area contributed by atoms with Crippen molar-refractivity contribution < 1.29 is 13.2 Å². The number of aromatic nitrogens is 1. The Bertz CT molecular complexity index is 591. The first-order valence-corrected chi connectivity index (χ1v) is 8.28. The van der Waals surface area contributed by atoms with E-state index in [9.17, 15) is 13.2 Å². The molecule has 0 saturated carbocycles. The van der Waals surface area contributed by atoms with E-state index in [0.29, 0.717) is 22.7 Å². The summed E-state index contributed by atoms with van der Waals surface area (Å²) in [6.07, 6.45) is 0.559. The number of Topliss-reactive ketones (excluding diaryl/α,β-unsaturated/α-hetero) is 1. The van der Waals surface area contributed by atoms with Crippen LogP contribution in [0.15, 0.2) is 0 Å². The van der Waals surface area contributed by atoms with E-state index in [1.165, 1.54) is 18.5 Å². The molecule has 18 heavy (non-hydrogen) atoms. The molecule has 7 heteroatoms. The van der Waals surface area contributed by atoms with Crippen LogP contribution in [0.1, 0.15) is 36.3 Å². The predicted molar refractivity (Wildman–Crippen MR) is 72.2 cm³/mol. The molecule has 0 spiro atoms. The average Bonchev–Trinajstić information content (AvgIpc) is 2.68. The van der Waals surface area contributed by atoms with E-state index in [4.69, 9.17) is 0 Å². The van der Waals surface area contributed by atoms with Crippen molar-refractivity contribution >= 4 is 32.2 Å². The van der Waals surface area contributed by atoms with E-state index < -0.39 is 15.4 Å². The number of nitrogens with zero attached hydrogens (tertiary/aromatic N) is 1. The number of ketones is 1. The van der Waals surface area contributed by atoms with E-state index in [2.05, 4.69) is 9.69 Å². The third-order valence-electron chi connectivity index (χ3n) is 3.13. The Kier molecular flexibility index (Phi) is 3.23. The van der Waals surface area contributed by atoms with Gasteiger partial charge in [0.1, 0.15) is 5.00 Å². The highest BCUT2D eigenvalue weighted by molar-refractivity contribution is 7.91. The number of sulfone groups is 1. The predicted octanol–water partition coefficient (Wildman–Crippen LogP) is 1.64. The average molecular weight is 288 g/mol. The molecule has 1 N–H and O–H groups in total. The van der Waals surface area contributed by atoms with Gasteiger partial charge in [-0.15, -0.1) is 0 Å². The van der Waals surface area contributed by atoms with Crippen LogP contribution in [-0.2, 0) is 9.84 Å². The summed E-state index contributed by atoms with van der Waals surface area (Å²) < 4.78 is 27.2. The highest BCUT2D eigenvalue weighted by Gasteiger charge is 2.39. The molecule has 1 aromatic heterocycles. The first-order chi connectivity index (χ1) is 8.22. The number of aryl methyl sites for hydroxylation is 1. The second-order valence-electron chi connectivity index (χ2n) is 5.06. The zero-order valence-corrected chi connectivity index (χ0v) is 12.2. The summed E-state index contributed by atoms with van der Waals surface area (Å²) in [5.41, 5.74) is 0.770. The fraction of sp³-hybridized carbons (Fsp3) is 0.636. The van der Waals surface area contributed by atoms with Crippen LogP contribution in [0.3, 0.4) is 0 Å². The maximum absolute atomic E-state index is 11.6. The number of hydrogen-bond acceptors (Lipinski definition) is 6. The van der Waals surface area contributed by atoms with Crippen LogP contribution in [0.25, 0.3) is 0 Å². The number of carbonyl (C=O) groups is 1. The van der Waals surface area contributed by atoms with Gasteiger partial charge in [-0.05, 0) is 38.7 Å². The van der Waals surface area contributed by atoms with E-state index in [0.717, 1.165) is 0 Å². The van der Waals surface area contributed by atoms with Gasteiger partial charge in [-0.2, -0.15) is 4.37 Å². The lowest BCUT2D eigenvalue weighted by atomic mass is 10.0. The summed E-state index contributed by atoms with van der Waals surface area (Å²) in [6.45, 7) is 5.15. The summed E-state index contributed by atoms with van der Waals surface area (Å²) in [6, 6.07) is 0. The molecule has 2 rings (SSSR count).